The third kappa shape index (κ3) is 27.5. The van der Waals surface area contributed by atoms with E-state index in [1.807, 2.05) is 12.2 Å². The molecule has 1 rings (SSSR count). The van der Waals surface area contributed by atoms with Gasteiger partial charge in [0.2, 0.25) is 0 Å². The predicted octanol–water partition coefficient (Wildman–Crippen LogP) is 7.14. The number of rotatable bonds is 35. The molecule has 1 aliphatic rings. The fraction of sp³-hybridized carbons (Fsp3) is 0.733. The molecular formula is C45H77O14P. The van der Waals surface area contributed by atoms with Gasteiger partial charge < -0.3 is 45.0 Å². The molecule has 0 radical (unpaired) electrons. The monoisotopic (exact) mass is 873 g/mol. The van der Waals surface area contributed by atoms with Gasteiger partial charge in [0, 0.05) is 12.8 Å². The maximum absolute atomic E-state index is 12.8. The zero-order chi connectivity index (χ0) is 44.4. The van der Waals surface area contributed by atoms with Gasteiger partial charge in [-0.1, -0.05) is 126 Å². The Kier molecular flexibility index (Phi) is 32.4. The SMILES string of the molecule is CCCCC/C=C\C/C=C\C/C=C\C=C\[C@H](O)CCCC(=O)O[C@H](COC(=O)CCCCCCC/C=C\CCCCCC)COP(=O)(O)OC1[C@H](O)[C@H](O)C(O)[C@H](O)[C@H]1O. The number of hydrogen-bond donors (Lipinski definition) is 7. The number of phosphoric ester groups is 1. The molecule has 60 heavy (non-hydrogen) atoms. The molecule has 0 aliphatic heterocycles. The first kappa shape index (κ1) is 55.5. The van der Waals surface area contributed by atoms with Gasteiger partial charge in [0.15, 0.2) is 6.10 Å². The van der Waals surface area contributed by atoms with Crippen LogP contribution in [0.3, 0.4) is 0 Å². The van der Waals surface area contributed by atoms with Crippen molar-refractivity contribution in [1.82, 2.24) is 0 Å². The van der Waals surface area contributed by atoms with Gasteiger partial charge in [0.1, 0.15) is 43.2 Å². The summed E-state index contributed by atoms with van der Waals surface area (Å²) in [6.07, 6.45) is 24.4. The van der Waals surface area contributed by atoms with Gasteiger partial charge in [0.05, 0.1) is 12.7 Å². The Morgan fingerprint density at radius 1 is 0.600 bits per heavy atom. The number of allylic oxidation sites excluding steroid dienone is 9. The maximum Gasteiger partial charge on any atom is 0.472 e. The number of esters is 2. The summed E-state index contributed by atoms with van der Waals surface area (Å²) in [7, 11) is -5.17. The van der Waals surface area contributed by atoms with Crippen LogP contribution >= 0.6 is 7.82 Å². The second kappa shape index (κ2) is 35.0. The molecule has 1 saturated carbocycles. The summed E-state index contributed by atoms with van der Waals surface area (Å²) in [5.74, 6) is -1.32. The van der Waals surface area contributed by atoms with E-state index in [4.69, 9.17) is 18.5 Å². The summed E-state index contributed by atoms with van der Waals surface area (Å²) in [6.45, 7) is 3.06. The van der Waals surface area contributed by atoms with Crippen molar-refractivity contribution in [3.05, 3.63) is 60.8 Å². The minimum Gasteiger partial charge on any atom is -0.462 e. The van der Waals surface area contributed by atoms with E-state index in [0.717, 1.165) is 57.8 Å². The molecule has 0 heterocycles. The van der Waals surface area contributed by atoms with Crippen molar-refractivity contribution in [1.29, 1.82) is 0 Å². The number of unbranched alkanes of at least 4 members (excludes halogenated alkanes) is 12. The van der Waals surface area contributed by atoms with E-state index in [1.54, 1.807) is 12.2 Å². The highest BCUT2D eigenvalue weighted by molar-refractivity contribution is 7.47. The fourth-order valence-corrected chi connectivity index (χ4v) is 7.24. The molecule has 7 N–H and O–H groups in total. The van der Waals surface area contributed by atoms with Crippen molar-refractivity contribution >= 4 is 19.8 Å². The zero-order valence-electron chi connectivity index (χ0n) is 36.1. The summed E-state index contributed by atoms with van der Waals surface area (Å²) in [6, 6.07) is 0. The highest BCUT2D eigenvalue weighted by Crippen LogP contribution is 2.47. The Morgan fingerprint density at radius 2 is 1.10 bits per heavy atom. The molecule has 9 atom stereocenters. The minimum atomic E-state index is -5.17. The molecule has 1 aliphatic carbocycles. The highest BCUT2D eigenvalue weighted by atomic mass is 31.2. The van der Waals surface area contributed by atoms with Crippen molar-refractivity contribution in [2.75, 3.05) is 13.2 Å². The Bertz CT molecular complexity index is 1300. The number of ether oxygens (including phenoxy) is 2. The van der Waals surface area contributed by atoms with Gasteiger partial charge in [-0.15, -0.1) is 0 Å². The number of aliphatic hydroxyl groups is 6. The average Bonchev–Trinajstić information content (AvgIpc) is 3.22. The number of hydrogen-bond acceptors (Lipinski definition) is 13. The van der Waals surface area contributed by atoms with Crippen molar-refractivity contribution < 1.29 is 68.2 Å². The largest absolute Gasteiger partial charge is 0.472 e. The zero-order valence-corrected chi connectivity index (χ0v) is 37.0. The van der Waals surface area contributed by atoms with Crippen LogP contribution in [0.4, 0.5) is 0 Å². The number of phosphoric acid groups is 1. The summed E-state index contributed by atoms with van der Waals surface area (Å²) in [5.41, 5.74) is 0. The van der Waals surface area contributed by atoms with Crippen LogP contribution in [0, 0.1) is 0 Å². The number of carbonyl (C=O) groups is 2. The molecule has 0 saturated heterocycles. The third-order valence-electron chi connectivity index (χ3n) is 9.94. The standard InChI is InChI=1S/C45H77O14P/c1-3-5-7-9-11-13-15-17-19-21-23-25-27-30-36(46)31-29-33-39(48)58-37(35-57-60(54,55)59-45-43(52)41(50)40(49)42(51)44(45)53)34-56-38(47)32-28-26-24-22-20-18-16-14-12-10-8-6-4-2/h11,13-14,16-17,19,23,25,27,30,36-37,40-46,49-53H,3-10,12,15,18,20-22,24,26,28-29,31-35H2,1-2H3,(H,54,55)/b13-11-,16-14-,19-17-,25-23-,30-27+/t36-,37+,40?,41-,42+,43+,44+,45?/m0/s1. The highest BCUT2D eigenvalue weighted by Gasteiger charge is 2.51. The molecular weight excluding hydrogens is 795 g/mol. The van der Waals surface area contributed by atoms with Crippen molar-refractivity contribution in [3.63, 3.8) is 0 Å². The van der Waals surface area contributed by atoms with Gasteiger partial charge in [-0.05, 0) is 70.6 Å². The molecule has 0 aromatic carbocycles. The lowest BCUT2D eigenvalue weighted by molar-refractivity contribution is -0.220. The third-order valence-corrected chi connectivity index (χ3v) is 10.9. The second-order valence-corrected chi connectivity index (χ2v) is 16.8. The first-order valence-electron chi connectivity index (χ1n) is 22.2. The van der Waals surface area contributed by atoms with Gasteiger partial charge in [0.25, 0.3) is 0 Å². The van der Waals surface area contributed by atoms with Crippen LogP contribution in [0.1, 0.15) is 149 Å². The van der Waals surface area contributed by atoms with Crippen molar-refractivity contribution in [3.8, 4) is 0 Å². The van der Waals surface area contributed by atoms with Crippen LogP contribution < -0.4 is 0 Å². The van der Waals surface area contributed by atoms with Gasteiger partial charge in [-0.25, -0.2) is 4.57 Å². The Labute approximate surface area is 358 Å². The number of aliphatic hydroxyl groups excluding tert-OH is 6. The second-order valence-electron chi connectivity index (χ2n) is 15.4. The quantitative estimate of drug-likeness (QED) is 0.0110. The summed E-state index contributed by atoms with van der Waals surface area (Å²) in [4.78, 5) is 35.6. The average molecular weight is 873 g/mol. The summed E-state index contributed by atoms with van der Waals surface area (Å²) < 4.78 is 33.3. The van der Waals surface area contributed by atoms with E-state index in [9.17, 15) is 49.7 Å². The van der Waals surface area contributed by atoms with Crippen molar-refractivity contribution in [2.24, 2.45) is 0 Å². The minimum absolute atomic E-state index is 0.114. The van der Waals surface area contributed by atoms with E-state index in [2.05, 4.69) is 50.3 Å². The molecule has 0 aromatic heterocycles. The lowest BCUT2D eigenvalue weighted by atomic mass is 9.85. The van der Waals surface area contributed by atoms with Crippen LogP contribution in [0.25, 0.3) is 0 Å². The van der Waals surface area contributed by atoms with Crippen LogP contribution in [0.15, 0.2) is 60.8 Å². The van der Waals surface area contributed by atoms with E-state index in [-0.39, 0.29) is 25.7 Å². The Morgan fingerprint density at radius 3 is 1.75 bits per heavy atom. The Balaban J connectivity index is 2.59. The molecule has 346 valence electrons. The Hall–Kier alpha value is -2.49. The van der Waals surface area contributed by atoms with E-state index in [1.165, 1.54) is 44.9 Å². The normalized spacial score (nSPS) is 23.3. The van der Waals surface area contributed by atoms with Crippen molar-refractivity contribution in [2.45, 2.75) is 198 Å². The van der Waals surface area contributed by atoms with Crippen LogP contribution in [-0.2, 0) is 32.7 Å². The molecule has 0 amide bonds. The van der Waals surface area contributed by atoms with Crippen LogP contribution in [0.2, 0.25) is 0 Å². The van der Waals surface area contributed by atoms with E-state index >= 15 is 0 Å². The summed E-state index contributed by atoms with van der Waals surface area (Å²) >= 11 is 0. The molecule has 3 unspecified atom stereocenters. The van der Waals surface area contributed by atoms with E-state index in [0.29, 0.717) is 6.42 Å². The molecule has 1 fully saturated rings. The smallest absolute Gasteiger partial charge is 0.462 e. The summed E-state index contributed by atoms with van der Waals surface area (Å²) in [5, 5.41) is 60.4. The molecule has 0 aromatic rings. The first-order chi connectivity index (χ1) is 28.8. The predicted molar refractivity (Wildman–Crippen MR) is 232 cm³/mol. The lowest BCUT2D eigenvalue weighted by Crippen LogP contribution is -2.64. The first-order valence-corrected chi connectivity index (χ1v) is 23.7. The van der Waals surface area contributed by atoms with Crippen LogP contribution in [0.5, 0.6) is 0 Å². The van der Waals surface area contributed by atoms with Gasteiger partial charge >= 0.3 is 19.8 Å². The fourth-order valence-electron chi connectivity index (χ4n) is 6.27. The van der Waals surface area contributed by atoms with Gasteiger partial charge in [-0.3, -0.25) is 18.6 Å². The molecule has 14 nitrogen and oxygen atoms in total. The van der Waals surface area contributed by atoms with Gasteiger partial charge in [-0.2, -0.15) is 0 Å². The number of carbonyl (C=O) groups excluding carboxylic acids is 2. The topological polar surface area (TPSA) is 230 Å². The van der Waals surface area contributed by atoms with E-state index < -0.39 is 81.8 Å². The molecule has 0 bridgehead atoms. The van der Waals surface area contributed by atoms with Crippen LogP contribution in [-0.4, -0.2) is 110 Å². The molecule has 15 heteroatoms. The molecule has 0 spiro atoms. The maximum atomic E-state index is 12.8. The lowest BCUT2D eigenvalue weighted by Gasteiger charge is -2.41.